The van der Waals surface area contributed by atoms with Crippen LogP contribution in [0.25, 0.3) is 0 Å². The van der Waals surface area contributed by atoms with E-state index in [4.69, 9.17) is 9.73 Å². The molecule has 9 nitrogen and oxygen atoms in total. The van der Waals surface area contributed by atoms with Gasteiger partial charge in [0.15, 0.2) is 11.8 Å². The lowest BCUT2D eigenvalue weighted by Gasteiger charge is -2.27. The molecular formula is C20H38N8O. The molecule has 1 aromatic heterocycles. The molecule has 0 spiro atoms. The van der Waals surface area contributed by atoms with Crippen molar-refractivity contribution >= 4 is 5.96 Å². The van der Waals surface area contributed by atoms with Crippen LogP contribution in [-0.2, 0) is 18.3 Å². The topological polar surface area (TPSA) is 82.8 Å². The van der Waals surface area contributed by atoms with E-state index in [0.29, 0.717) is 24.5 Å². The molecule has 0 bridgehead atoms. The second-order valence-electron chi connectivity index (χ2n) is 8.54. The van der Waals surface area contributed by atoms with Gasteiger partial charge in [0.2, 0.25) is 0 Å². The maximum Gasteiger partial charge on any atom is 0.192 e. The highest BCUT2D eigenvalue weighted by atomic mass is 16.5. The molecule has 2 unspecified atom stereocenters. The van der Waals surface area contributed by atoms with E-state index in [-0.39, 0.29) is 0 Å². The quantitative estimate of drug-likeness (QED) is 0.495. The lowest BCUT2D eigenvalue weighted by Crippen LogP contribution is -2.49. The molecule has 3 rings (SSSR count). The van der Waals surface area contributed by atoms with E-state index < -0.39 is 0 Å². The fraction of sp³-hybridized carbons (Fsp3) is 0.850. The van der Waals surface area contributed by atoms with Gasteiger partial charge in [-0.2, -0.15) is 0 Å². The number of morpholine rings is 1. The van der Waals surface area contributed by atoms with Crippen molar-refractivity contribution in [2.24, 2.45) is 18.0 Å². The highest BCUT2D eigenvalue weighted by Crippen LogP contribution is 2.18. The minimum absolute atomic E-state index is 0.397. The van der Waals surface area contributed by atoms with E-state index in [0.717, 1.165) is 70.1 Å². The molecule has 0 aliphatic carbocycles. The third-order valence-electron chi connectivity index (χ3n) is 6.08. The van der Waals surface area contributed by atoms with Crippen LogP contribution >= 0.6 is 0 Å². The average Bonchev–Trinajstić information content (AvgIpc) is 3.23. The van der Waals surface area contributed by atoms with Gasteiger partial charge in [-0.05, 0) is 26.7 Å². The molecule has 3 heterocycles. The molecule has 0 saturated carbocycles. The molecule has 29 heavy (non-hydrogen) atoms. The van der Waals surface area contributed by atoms with Gasteiger partial charge in [-0.1, -0.05) is 6.92 Å². The maximum atomic E-state index is 5.44. The van der Waals surface area contributed by atoms with Gasteiger partial charge in [0.05, 0.1) is 13.2 Å². The van der Waals surface area contributed by atoms with Crippen molar-refractivity contribution in [1.82, 2.24) is 35.2 Å². The van der Waals surface area contributed by atoms with Crippen molar-refractivity contribution in [3.63, 3.8) is 0 Å². The van der Waals surface area contributed by atoms with Crippen molar-refractivity contribution in [3.05, 3.63) is 11.6 Å². The van der Waals surface area contributed by atoms with Crippen molar-refractivity contribution in [2.75, 3.05) is 52.5 Å². The third-order valence-corrected chi connectivity index (χ3v) is 6.08. The Morgan fingerprint density at radius 3 is 2.62 bits per heavy atom. The molecule has 1 aromatic rings. The number of likely N-dealkylation sites (tertiary alicyclic amines) is 1. The summed E-state index contributed by atoms with van der Waals surface area (Å²) in [7, 11) is 1.98. The summed E-state index contributed by atoms with van der Waals surface area (Å²) in [6.07, 6.45) is 0. The van der Waals surface area contributed by atoms with Gasteiger partial charge in [-0.25, -0.2) is 4.99 Å². The largest absolute Gasteiger partial charge is 0.379 e. The van der Waals surface area contributed by atoms with Crippen molar-refractivity contribution in [1.29, 1.82) is 0 Å². The van der Waals surface area contributed by atoms with Crippen molar-refractivity contribution in [3.8, 4) is 0 Å². The number of hydrogen-bond donors (Lipinski definition) is 2. The number of aromatic nitrogens is 3. The minimum atomic E-state index is 0.397. The molecule has 2 aliphatic heterocycles. The van der Waals surface area contributed by atoms with Crippen LogP contribution in [0, 0.1) is 12.8 Å². The fourth-order valence-corrected chi connectivity index (χ4v) is 3.84. The van der Waals surface area contributed by atoms with Gasteiger partial charge >= 0.3 is 0 Å². The normalized spacial score (nSPS) is 24.4. The van der Waals surface area contributed by atoms with Gasteiger partial charge in [0.25, 0.3) is 0 Å². The summed E-state index contributed by atoms with van der Waals surface area (Å²) in [5.74, 6) is 3.23. The maximum absolute atomic E-state index is 5.44. The Hall–Kier alpha value is -1.71. The molecule has 0 aromatic carbocycles. The zero-order valence-electron chi connectivity index (χ0n) is 18.7. The zero-order chi connectivity index (χ0) is 20.8. The first-order valence-corrected chi connectivity index (χ1v) is 10.9. The number of rotatable bonds is 7. The van der Waals surface area contributed by atoms with Crippen LogP contribution in [0.4, 0.5) is 0 Å². The monoisotopic (exact) mass is 406 g/mol. The summed E-state index contributed by atoms with van der Waals surface area (Å²) in [5, 5.41) is 15.6. The van der Waals surface area contributed by atoms with Crippen LogP contribution < -0.4 is 10.6 Å². The van der Waals surface area contributed by atoms with Gasteiger partial charge in [0, 0.05) is 58.4 Å². The Balaban J connectivity index is 1.60. The number of hydrogen-bond acceptors (Lipinski definition) is 6. The standard InChI is InChI=1S/C20H38N8O/c1-15(2)28-13-16(3)18(14-28)23-20(21-6-7-27-8-10-29-11-9-27)22-12-19-25-24-17(4)26(19)5/h15-16,18H,6-14H2,1-5H3,(H2,21,22,23). The van der Waals surface area contributed by atoms with Crippen molar-refractivity contribution < 1.29 is 4.74 Å². The summed E-state index contributed by atoms with van der Waals surface area (Å²) < 4.78 is 7.43. The van der Waals surface area contributed by atoms with E-state index in [1.807, 2.05) is 18.5 Å². The van der Waals surface area contributed by atoms with E-state index in [9.17, 15) is 0 Å². The average molecular weight is 407 g/mol. The zero-order valence-corrected chi connectivity index (χ0v) is 18.7. The molecule has 2 fully saturated rings. The van der Waals surface area contributed by atoms with Crippen LogP contribution in [-0.4, -0.2) is 95.1 Å². The van der Waals surface area contributed by atoms with Crippen LogP contribution in [0.3, 0.4) is 0 Å². The molecule has 2 aliphatic rings. The van der Waals surface area contributed by atoms with Gasteiger partial charge in [-0.15, -0.1) is 10.2 Å². The number of nitrogens with one attached hydrogen (secondary N) is 2. The van der Waals surface area contributed by atoms with E-state index >= 15 is 0 Å². The van der Waals surface area contributed by atoms with Gasteiger partial charge < -0.3 is 19.9 Å². The summed E-state index contributed by atoms with van der Waals surface area (Å²) in [6, 6.07) is 0.966. The van der Waals surface area contributed by atoms with Crippen LogP contribution in [0.15, 0.2) is 4.99 Å². The highest BCUT2D eigenvalue weighted by molar-refractivity contribution is 5.80. The molecule has 0 radical (unpaired) electrons. The first-order valence-electron chi connectivity index (χ1n) is 10.9. The van der Waals surface area contributed by atoms with E-state index in [1.54, 1.807) is 0 Å². The number of aliphatic imine (C=N–C) groups is 1. The molecule has 2 saturated heterocycles. The summed E-state index contributed by atoms with van der Waals surface area (Å²) in [4.78, 5) is 9.78. The molecule has 0 amide bonds. The smallest absolute Gasteiger partial charge is 0.192 e. The Labute approximate surface area is 174 Å². The Bertz CT molecular complexity index is 667. The van der Waals surface area contributed by atoms with Crippen molar-refractivity contribution in [2.45, 2.75) is 46.3 Å². The highest BCUT2D eigenvalue weighted by Gasteiger charge is 2.31. The molecule has 164 valence electrons. The first-order chi connectivity index (χ1) is 13.9. The molecular weight excluding hydrogens is 368 g/mol. The SMILES string of the molecule is Cc1nnc(CN=C(NCCN2CCOCC2)NC2CN(C(C)C)CC2C)n1C. The first kappa shape index (κ1) is 22.0. The summed E-state index contributed by atoms with van der Waals surface area (Å²) in [6.45, 7) is 17.0. The molecule has 9 heteroatoms. The minimum Gasteiger partial charge on any atom is -0.379 e. The number of ether oxygens (including phenoxy) is 1. The van der Waals surface area contributed by atoms with Crippen LogP contribution in [0.5, 0.6) is 0 Å². The Morgan fingerprint density at radius 2 is 2.00 bits per heavy atom. The predicted molar refractivity (Wildman–Crippen MR) is 115 cm³/mol. The van der Waals surface area contributed by atoms with E-state index in [1.165, 1.54) is 0 Å². The summed E-state index contributed by atoms with van der Waals surface area (Å²) >= 11 is 0. The fourth-order valence-electron chi connectivity index (χ4n) is 3.84. The predicted octanol–water partition coefficient (Wildman–Crippen LogP) is 0.220. The number of guanidine groups is 1. The Morgan fingerprint density at radius 1 is 1.24 bits per heavy atom. The van der Waals surface area contributed by atoms with E-state index in [2.05, 4.69) is 51.4 Å². The lowest BCUT2D eigenvalue weighted by molar-refractivity contribution is 0.0389. The van der Waals surface area contributed by atoms with Crippen LogP contribution in [0.2, 0.25) is 0 Å². The number of aryl methyl sites for hydroxylation is 1. The van der Waals surface area contributed by atoms with Crippen LogP contribution in [0.1, 0.15) is 32.4 Å². The Kier molecular flexibility index (Phi) is 7.85. The molecule has 2 atom stereocenters. The lowest BCUT2D eigenvalue weighted by atomic mass is 10.1. The van der Waals surface area contributed by atoms with Gasteiger partial charge in [0.1, 0.15) is 12.4 Å². The van der Waals surface area contributed by atoms with Gasteiger partial charge in [-0.3, -0.25) is 9.80 Å². The summed E-state index contributed by atoms with van der Waals surface area (Å²) in [5.41, 5.74) is 0. The third kappa shape index (κ3) is 6.13. The second-order valence-corrected chi connectivity index (χ2v) is 8.54. The number of nitrogens with zero attached hydrogens (tertiary/aromatic N) is 6. The second kappa shape index (κ2) is 10.4. The molecule has 2 N–H and O–H groups in total.